The van der Waals surface area contributed by atoms with E-state index in [-0.39, 0.29) is 11.8 Å². The average molecular weight is 443 g/mol. The van der Waals surface area contributed by atoms with Crippen LogP contribution in [0, 0.1) is 0 Å². The van der Waals surface area contributed by atoms with Crippen LogP contribution in [0.15, 0.2) is 46.3 Å². The second-order valence-electron chi connectivity index (χ2n) is 6.19. The van der Waals surface area contributed by atoms with Gasteiger partial charge in [-0.05, 0) is 35.5 Å². The van der Waals surface area contributed by atoms with Gasteiger partial charge in [-0.15, -0.1) is 0 Å². The maximum Gasteiger partial charge on any atom is 0.289 e. The molecule has 0 bridgehead atoms. The zero-order valence-electron chi connectivity index (χ0n) is 17.1. The number of carbonyl (C=O) groups excluding carboxylic acids is 2. The molecule has 31 heavy (non-hydrogen) atoms. The SMILES string of the molecule is COc1cc(N=C2NC(=O)S/C2=C\c2ccc(OCC(N)=O)cc2)cc(OC)c1OC. The molecule has 1 fully saturated rings. The van der Waals surface area contributed by atoms with E-state index in [2.05, 4.69) is 10.3 Å². The summed E-state index contributed by atoms with van der Waals surface area (Å²) in [6.45, 7) is -0.194. The summed E-state index contributed by atoms with van der Waals surface area (Å²) in [6, 6.07) is 10.4. The first-order valence-corrected chi connectivity index (χ1v) is 9.86. The van der Waals surface area contributed by atoms with E-state index >= 15 is 0 Å². The van der Waals surface area contributed by atoms with E-state index in [0.29, 0.717) is 39.4 Å². The van der Waals surface area contributed by atoms with Crippen molar-refractivity contribution in [1.82, 2.24) is 5.32 Å². The highest BCUT2D eigenvalue weighted by atomic mass is 32.2. The van der Waals surface area contributed by atoms with Crippen LogP contribution in [0.3, 0.4) is 0 Å². The highest BCUT2D eigenvalue weighted by molar-refractivity contribution is 8.18. The number of hydrogen-bond acceptors (Lipinski definition) is 8. The van der Waals surface area contributed by atoms with Crippen LogP contribution in [0.4, 0.5) is 10.5 Å². The number of primary amides is 1. The standard InChI is InChI=1S/C21H21N3O6S/c1-27-15-9-13(10-16(28-2)19(15)29-3)23-20-17(31-21(26)24-20)8-12-4-6-14(7-5-12)30-11-18(22)25/h4-10H,11H2,1-3H3,(H2,22,25)(H,23,24,26)/b17-8-. The summed E-state index contributed by atoms with van der Waals surface area (Å²) in [6.07, 6.45) is 1.82. The average Bonchev–Trinajstić information content (AvgIpc) is 3.10. The maximum atomic E-state index is 12.0. The highest BCUT2D eigenvalue weighted by Gasteiger charge is 2.24. The van der Waals surface area contributed by atoms with E-state index in [1.54, 1.807) is 36.4 Å². The Morgan fingerprint density at radius 2 is 1.74 bits per heavy atom. The van der Waals surface area contributed by atoms with Gasteiger partial charge in [0.15, 0.2) is 18.1 Å². The van der Waals surface area contributed by atoms with Crippen molar-refractivity contribution in [2.45, 2.75) is 0 Å². The Kier molecular flexibility index (Phi) is 7.03. The maximum absolute atomic E-state index is 12.0. The third kappa shape index (κ3) is 5.48. The monoisotopic (exact) mass is 443 g/mol. The molecule has 1 saturated heterocycles. The van der Waals surface area contributed by atoms with Gasteiger partial charge in [-0.3, -0.25) is 9.59 Å². The molecule has 3 rings (SSSR count). The molecular weight excluding hydrogens is 422 g/mol. The largest absolute Gasteiger partial charge is 0.493 e. The fraction of sp³-hybridized carbons (Fsp3) is 0.190. The lowest BCUT2D eigenvalue weighted by Crippen LogP contribution is -2.19. The first-order chi connectivity index (χ1) is 14.9. The minimum Gasteiger partial charge on any atom is -0.493 e. The van der Waals surface area contributed by atoms with Crippen LogP contribution in [-0.2, 0) is 4.79 Å². The van der Waals surface area contributed by atoms with Crippen LogP contribution in [-0.4, -0.2) is 44.9 Å². The lowest BCUT2D eigenvalue weighted by Gasteiger charge is -2.12. The predicted molar refractivity (Wildman–Crippen MR) is 118 cm³/mol. The molecule has 0 radical (unpaired) electrons. The zero-order chi connectivity index (χ0) is 22.4. The lowest BCUT2D eigenvalue weighted by molar-refractivity contribution is -0.119. The second-order valence-corrected chi connectivity index (χ2v) is 7.21. The minimum atomic E-state index is -0.550. The summed E-state index contributed by atoms with van der Waals surface area (Å²) in [5.74, 6) is 1.73. The third-order valence-electron chi connectivity index (χ3n) is 4.11. The van der Waals surface area contributed by atoms with Gasteiger partial charge >= 0.3 is 0 Å². The number of amidine groups is 1. The summed E-state index contributed by atoms with van der Waals surface area (Å²) in [7, 11) is 4.55. The summed E-state index contributed by atoms with van der Waals surface area (Å²) in [4.78, 5) is 28.0. The smallest absolute Gasteiger partial charge is 0.289 e. The Bertz CT molecular complexity index is 1020. The molecule has 0 aromatic heterocycles. The molecule has 1 aliphatic heterocycles. The Labute approximate surface area is 183 Å². The molecule has 162 valence electrons. The molecule has 2 amide bonds. The molecule has 9 nitrogen and oxygen atoms in total. The van der Waals surface area contributed by atoms with Crippen LogP contribution < -0.4 is 30.0 Å². The van der Waals surface area contributed by atoms with E-state index < -0.39 is 5.91 Å². The van der Waals surface area contributed by atoms with E-state index in [9.17, 15) is 9.59 Å². The molecule has 0 spiro atoms. The van der Waals surface area contributed by atoms with Gasteiger partial charge in [0.25, 0.3) is 11.1 Å². The van der Waals surface area contributed by atoms with Gasteiger partial charge in [-0.2, -0.15) is 0 Å². The molecule has 0 atom stereocenters. The van der Waals surface area contributed by atoms with E-state index in [1.165, 1.54) is 21.3 Å². The number of hydrogen-bond donors (Lipinski definition) is 2. The van der Waals surface area contributed by atoms with Crippen molar-refractivity contribution in [3.05, 3.63) is 46.9 Å². The fourth-order valence-corrected chi connectivity index (χ4v) is 3.48. The van der Waals surface area contributed by atoms with E-state index in [0.717, 1.165) is 17.3 Å². The predicted octanol–water partition coefficient (Wildman–Crippen LogP) is 3.10. The van der Waals surface area contributed by atoms with Crippen molar-refractivity contribution in [3.63, 3.8) is 0 Å². The highest BCUT2D eigenvalue weighted by Crippen LogP contribution is 2.41. The topological polar surface area (TPSA) is 121 Å². The number of nitrogens with one attached hydrogen (secondary N) is 1. The van der Waals surface area contributed by atoms with Gasteiger partial charge < -0.3 is 30.0 Å². The zero-order valence-corrected chi connectivity index (χ0v) is 17.9. The number of ether oxygens (including phenoxy) is 4. The van der Waals surface area contributed by atoms with Crippen molar-refractivity contribution in [2.24, 2.45) is 10.7 Å². The number of aliphatic imine (C=N–C) groups is 1. The summed E-state index contributed by atoms with van der Waals surface area (Å²) in [5, 5.41) is 2.50. The van der Waals surface area contributed by atoms with Gasteiger partial charge in [-0.1, -0.05) is 12.1 Å². The number of rotatable bonds is 8. The van der Waals surface area contributed by atoms with Crippen molar-refractivity contribution in [3.8, 4) is 23.0 Å². The van der Waals surface area contributed by atoms with Gasteiger partial charge in [0.2, 0.25) is 5.75 Å². The number of methoxy groups -OCH3 is 3. The first kappa shape index (κ1) is 22.0. The number of benzene rings is 2. The van der Waals surface area contributed by atoms with E-state index in [1.807, 2.05) is 6.08 Å². The van der Waals surface area contributed by atoms with Crippen molar-refractivity contribution in [2.75, 3.05) is 27.9 Å². The second kappa shape index (κ2) is 9.90. The van der Waals surface area contributed by atoms with Gasteiger partial charge in [-0.25, -0.2) is 4.99 Å². The molecule has 0 saturated carbocycles. The number of thioether (sulfide) groups is 1. The van der Waals surface area contributed by atoms with Crippen LogP contribution in [0.25, 0.3) is 6.08 Å². The first-order valence-electron chi connectivity index (χ1n) is 9.04. The molecular formula is C21H21N3O6S. The summed E-state index contributed by atoms with van der Waals surface area (Å²) in [5.41, 5.74) is 6.42. The van der Waals surface area contributed by atoms with Crippen LogP contribution in [0.2, 0.25) is 0 Å². The number of carbonyl (C=O) groups is 2. The van der Waals surface area contributed by atoms with Crippen molar-refractivity contribution in [1.29, 1.82) is 0 Å². The summed E-state index contributed by atoms with van der Waals surface area (Å²) >= 11 is 1.03. The Hall–Kier alpha value is -3.66. The quantitative estimate of drug-likeness (QED) is 0.643. The van der Waals surface area contributed by atoms with Crippen molar-refractivity contribution >= 4 is 40.5 Å². The van der Waals surface area contributed by atoms with Gasteiger partial charge in [0.1, 0.15) is 11.6 Å². The number of amides is 2. The molecule has 3 N–H and O–H groups in total. The van der Waals surface area contributed by atoms with Crippen LogP contribution in [0.1, 0.15) is 5.56 Å². The van der Waals surface area contributed by atoms with Gasteiger partial charge in [0, 0.05) is 12.1 Å². The minimum absolute atomic E-state index is 0.194. The third-order valence-corrected chi connectivity index (χ3v) is 4.92. The molecule has 1 aliphatic rings. The normalized spacial score (nSPS) is 15.6. The number of nitrogens with two attached hydrogens (primary N) is 1. The Morgan fingerprint density at radius 3 is 2.29 bits per heavy atom. The van der Waals surface area contributed by atoms with Gasteiger partial charge in [0.05, 0.1) is 31.9 Å². The Balaban J connectivity index is 1.90. The fourth-order valence-electron chi connectivity index (χ4n) is 2.74. The molecule has 2 aromatic rings. The molecule has 0 aliphatic carbocycles. The molecule has 2 aromatic carbocycles. The Morgan fingerprint density at radius 1 is 1.10 bits per heavy atom. The van der Waals surface area contributed by atoms with Crippen molar-refractivity contribution < 1.29 is 28.5 Å². The number of nitrogens with zero attached hydrogens (tertiary/aromatic N) is 1. The summed E-state index contributed by atoms with van der Waals surface area (Å²) < 4.78 is 21.3. The van der Waals surface area contributed by atoms with Crippen LogP contribution in [0.5, 0.6) is 23.0 Å². The lowest BCUT2D eigenvalue weighted by atomic mass is 10.2. The van der Waals surface area contributed by atoms with E-state index in [4.69, 9.17) is 24.7 Å². The molecule has 0 unspecified atom stereocenters. The molecule has 10 heteroatoms. The molecule has 1 heterocycles. The van der Waals surface area contributed by atoms with Crippen LogP contribution >= 0.6 is 11.8 Å².